The van der Waals surface area contributed by atoms with Gasteiger partial charge in [0.1, 0.15) is 0 Å². The summed E-state index contributed by atoms with van der Waals surface area (Å²) < 4.78 is 1.96. The fourth-order valence-corrected chi connectivity index (χ4v) is 3.40. The number of carbonyl (C=O) groups is 1. The zero-order valence-electron chi connectivity index (χ0n) is 15.5. The van der Waals surface area contributed by atoms with Gasteiger partial charge in [-0.25, -0.2) is 0 Å². The molecule has 0 spiro atoms. The first-order valence-corrected chi connectivity index (χ1v) is 8.88. The van der Waals surface area contributed by atoms with Gasteiger partial charge < -0.3 is 10.0 Å². The largest absolute Gasteiger partial charge is 0.390 e. The lowest BCUT2D eigenvalue weighted by Crippen LogP contribution is -2.50. The summed E-state index contributed by atoms with van der Waals surface area (Å²) in [6.07, 6.45) is 0.616. The Bertz CT molecular complexity index is 779. The molecule has 25 heavy (non-hydrogen) atoms. The summed E-state index contributed by atoms with van der Waals surface area (Å²) in [6, 6.07) is 9.82. The Hall–Kier alpha value is -2.14. The van der Waals surface area contributed by atoms with Crippen molar-refractivity contribution in [3.63, 3.8) is 0 Å². The summed E-state index contributed by atoms with van der Waals surface area (Å²) >= 11 is 0. The number of hydrogen-bond donors (Lipinski definition) is 1. The normalized spacial score (nSPS) is 23.7. The van der Waals surface area contributed by atoms with Crippen LogP contribution in [0.1, 0.15) is 47.6 Å². The third-order valence-electron chi connectivity index (χ3n) is 5.34. The van der Waals surface area contributed by atoms with E-state index in [9.17, 15) is 9.90 Å². The zero-order valence-corrected chi connectivity index (χ0v) is 15.5. The number of likely N-dealkylation sites (tertiary alicyclic amines) is 1. The molecule has 2 aromatic rings. The molecule has 134 valence electrons. The van der Waals surface area contributed by atoms with Gasteiger partial charge >= 0.3 is 0 Å². The van der Waals surface area contributed by atoms with Gasteiger partial charge in [0, 0.05) is 30.3 Å². The fourth-order valence-electron chi connectivity index (χ4n) is 3.40. The van der Waals surface area contributed by atoms with Crippen LogP contribution in [-0.4, -0.2) is 44.4 Å². The topological polar surface area (TPSA) is 58.4 Å². The molecule has 5 heteroatoms. The zero-order chi connectivity index (χ0) is 18.2. The van der Waals surface area contributed by atoms with E-state index in [1.165, 1.54) is 0 Å². The Balaban J connectivity index is 1.75. The number of amides is 1. The molecule has 0 bridgehead atoms. The molecule has 1 N–H and O–H groups in total. The van der Waals surface area contributed by atoms with Gasteiger partial charge in [-0.05, 0) is 51.0 Å². The second kappa shape index (κ2) is 6.64. The minimum Gasteiger partial charge on any atom is -0.390 e. The standard InChI is InChI=1S/C20H27N3O2/c1-14-12-22(9-8-20(14,4)25)19(24)18-7-5-6-17(11-18)13-23-16(3)10-15(2)21-23/h5-7,10-11,14,25H,8-9,12-13H2,1-4H3/t14-,20+/m1/s1. The number of benzene rings is 1. The van der Waals surface area contributed by atoms with Crippen molar-refractivity contribution in [1.29, 1.82) is 0 Å². The number of aromatic nitrogens is 2. The van der Waals surface area contributed by atoms with Gasteiger partial charge in [0.2, 0.25) is 0 Å². The van der Waals surface area contributed by atoms with Crippen LogP contribution in [0, 0.1) is 19.8 Å². The molecule has 1 aliphatic heterocycles. The second-order valence-electron chi connectivity index (χ2n) is 7.54. The van der Waals surface area contributed by atoms with Crippen LogP contribution in [0.5, 0.6) is 0 Å². The van der Waals surface area contributed by atoms with E-state index < -0.39 is 5.60 Å². The first-order chi connectivity index (χ1) is 11.8. The average Bonchev–Trinajstić information content (AvgIpc) is 2.87. The molecule has 0 radical (unpaired) electrons. The van der Waals surface area contributed by atoms with E-state index in [4.69, 9.17) is 0 Å². The van der Waals surface area contributed by atoms with E-state index in [2.05, 4.69) is 11.2 Å². The van der Waals surface area contributed by atoms with Crippen LogP contribution in [0.15, 0.2) is 30.3 Å². The highest BCUT2D eigenvalue weighted by atomic mass is 16.3. The lowest BCUT2D eigenvalue weighted by molar-refractivity contribution is -0.0439. The van der Waals surface area contributed by atoms with Crippen molar-refractivity contribution in [2.75, 3.05) is 13.1 Å². The molecule has 1 aromatic heterocycles. The van der Waals surface area contributed by atoms with E-state index in [-0.39, 0.29) is 11.8 Å². The lowest BCUT2D eigenvalue weighted by Gasteiger charge is -2.41. The van der Waals surface area contributed by atoms with Crippen LogP contribution in [0.4, 0.5) is 0 Å². The first kappa shape index (κ1) is 17.7. The van der Waals surface area contributed by atoms with Gasteiger partial charge in [0.05, 0.1) is 17.8 Å². The van der Waals surface area contributed by atoms with Crippen molar-refractivity contribution in [3.05, 3.63) is 52.8 Å². The predicted octanol–water partition coefficient (Wildman–Crippen LogP) is 2.78. The van der Waals surface area contributed by atoms with Crippen molar-refractivity contribution in [2.45, 2.75) is 46.3 Å². The molecule has 1 saturated heterocycles. The Morgan fingerprint density at radius 3 is 2.76 bits per heavy atom. The van der Waals surface area contributed by atoms with Crippen molar-refractivity contribution < 1.29 is 9.90 Å². The molecule has 2 atom stereocenters. The molecule has 3 rings (SSSR count). The quantitative estimate of drug-likeness (QED) is 0.934. The number of hydrogen-bond acceptors (Lipinski definition) is 3. The minimum atomic E-state index is -0.686. The molecule has 2 heterocycles. The Morgan fingerprint density at radius 2 is 2.12 bits per heavy atom. The van der Waals surface area contributed by atoms with Crippen LogP contribution >= 0.6 is 0 Å². The molecule has 0 saturated carbocycles. The summed E-state index contributed by atoms with van der Waals surface area (Å²) in [5.74, 6) is 0.112. The maximum Gasteiger partial charge on any atom is 0.253 e. The summed E-state index contributed by atoms with van der Waals surface area (Å²) in [4.78, 5) is 14.7. The van der Waals surface area contributed by atoms with Gasteiger partial charge in [0.15, 0.2) is 0 Å². The van der Waals surface area contributed by atoms with Crippen molar-refractivity contribution in [2.24, 2.45) is 5.92 Å². The van der Waals surface area contributed by atoms with Crippen LogP contribution in [-0.2, 0) is 6.54 Å². The van der Waals surface area contributed by atoms with Gasteiger partial charge in [-0.3, -0.25) is 9.48 Å². The third kappa shape index (κ3) is 3.76. The highest BCUT2D eigenvalue weighted by Gasteiger charge is 2.36. The van der Waals surface area contributed by atoms with E-state index in [0.717, 1.165) is 17.0 Å². The summed E-state index contributed by atoms with van der Waals surface area (Å²) in [6.45, 7) is 9.72. The van der Waals surface area contributed by atoms with Crippen LogP contribution in [0.2, 0.25) is 0 Å². The van der Waals surface area contributed by atoms with Gasteiger partial charge in [-0.2, -0.15) is 5.10 Å². The average molecular weight is 341 g/mol. The van der Waals surface area contributed by atoms with Crippen molar-refractivity contribution >= 4 is 5.91 Å². The van der Waals surface area contributed by atoms with E-state index in [0.29, 0.717) is 31.6 Å². The number of aliphatic hydroxyl groups is 1. The Labute approximate surface area is 149 Å². The molecule has 1 aromatic carbocycles. The molecular weight excluding hydrogens is 314 g/mol. The number of aryl methyl sites for hydroxylation is 2. The number of rotatable bonds is 3. The molecule has 1 amide bonds. The van der Waals surface area contributed by atoms with Gasteiger partial charge in [0.25, 0.3) is 5.91 Å². The third-order valence-corrected chi connectivity index (χ3v) is 5.34. The van der Waals surface area contributed by atoms with Gasteiger partial charge in [-0.1, -0.05) is 19.1 Å². The summed E-state index contributed by atoms with van der Waals surface area (Å²) in [5.41, 5.74) is 3.19. The molecule has 1 fully saturated rings. The van der Waals surface area contributed by atoms with Crippen LogP contribution in [0.25, 0.3) is 0 Å². The lowest BCUT2D eigenvalue weighted by atomic mass is 9.84. The van der Waals surface area contributed by atoms with Crippen molar-refractivity contribution in [1.82, 2.24) is 14.7 Å². The SMILES string of the molecule is Cc1cc(C)n(Cc2cccc(C(=O)N3CC[C@](C)(O)[C@H](C)C3)c2)n1. The molecular formula is C20H27N3O2. The second-order valence-corrected chi connectivity index (χ2v) is 7.54. The van der Waals surface area contributed by atoms with E-state index >= 15 is 0 Å². The Morgan fingerprint density at radius 1 is 1.36 bits per heavy atom. The first-order valence-electron chi connectivity index (χ1n) is 8.88. The monoisotopic (exact) mass is 341 g/mol. The van der Waals surface area contributed by atoms with E-state index in [1.54, 1.807) is 0 Å². The Kier molecular flexibility index (Phi) is 4.69. The fraction of sp³-hybridized carbons (Fsp3) is 0.500. The number of piperidine rings is 1. The van der Waals surface area contributed by atoms with Gasteiger partial charge in [-0.15, -0.1) is 0 Å². The summed E-state index contributed by atoms with van der Waals surface area (Å²) in [5, 5.41) is 14.8. The van der Waals surface area contributed by atoms with Crippen LogP contribution < -0.4 is 0 Å². The molecule has 5 nitrogen and oxygen atoms in total. The maximum absolute atomic E-state index is 12.9. The van der Waals surface area contributed by atoms with Crippen molar-refractivity contribution in [3.8, 4) is 0 Å². The highest BCUT2D eigenvalue weighted by molar-refractivity contribution is 5.94. The predicted molar refractivity (Wildman–Crippen MR) is 97.6 cm³/mol. The number of nitrogens with zero attached hydrogens (tertiary/aromatic N) is 3. The minimum absolute atomic E-state index is 0.0394. The summed E-state index contributed by atoms with van der Waals surface area (Å²) in [7, 11) is 0. The van der Waals surface area contributed by atoms with Crippen LogP contribution in [0.3, 0.4) is 0 Å². The molecule has 0 aliphatic carbocycles. The maximum atomic E-state index is 12.9. The highest BCUT2D eigenvalue weighted by Crippen LogP contribution is 2.28. The smallest absolute Gasteiger partial charge is 0.253 e. The molecule has 0 unspecified atom stereocenters. The number of carbonyl (C=O) groups excluding carboxylic acids is 1. The van der Waals surface area contributed by atoms with E-state index in [1.807, 2.05) is 61.5 Å². The molecule has 1 aliphatic rings.